The lowest BCUT2D eigenvalue weighted by atomic mass is 9.87. The Morgan fingerprint density at radius 2 is 2.06 bits per heavy atom. The Balaban J connectivity index is 1.61. The summed E-state index contributed by atoms with van der Waals surface area (Å²) >= 11 is 2.18. The van der Waals surface area contributed by atoms with Gasteiger partial charge in [0.05, 0.1) is 0 Å². The Morgan fingerprint density at radius 1 is 1.22 bits per heavy atom. The van der Waals surface area contributed by atoms with E-state index in [2.05, 4.69) is 35.8 Å². The number of nitrogens with one attached hydrogen (secondary N) is 1. The molecule has 3 fully saturated rings. The quantitative estimate of drug-likeness (QED) is 0.844. The Labute approximate surface area is 116 Å². The lowest BCUT2D eigenvalue weighted by molar-refractivity contribution is 0.140. The zero-order valence-electron chi connectivity index (χ0n) is 12.0. The average molecular weight is 268 g/mol. The lowest BCUT2D eigenvalue weighted by Crippen LogP contribution is -2.49. The molecule has 0 bridgehead atoms. The van der Waals surface area contributed by atoms with Gasteiger partial charge >= 0.3 is 0 Å². The molecule has 18 heavy (non-hydrogen) atoms. The Morgan fingerprint density at radius 3 is 2.67 bits per heavy atom. The van der Waals surface area contributed by atoms with Crippen LogP contribution in [0.25, 0.3) is 0 Å². The van der Waals surface area contributed by atoms with Gasteiger partial charge in [0.15, 0.2) is 0 Å². The summed E-state index contributed by atoms with van der Waals surface area (Å²) in [6, 6.07) is 2.54. The maximum absolute atomic E-state index is 3.68. The maximum atomic E-state index is 3.68. The van der Waals surface area contributed by atoms with Crippen molar-refractivity contribution in [3.63, 3.8) is 0 Å². The van der Waals surface area contributed by atoms with Crippen LogP contribution in [0.5, 0.6) is 0 Å². The summed E-state index contributed by atoms with van der Waals surface area (Å²) in [6.45, 7) is 7.45. The van der Waals surface area contributed by atoms with Crippen LogP contribution in [-0.2, 0) is 0 Å². The van der Waals surface area contributed by atoms with Crippen LogP contribution in [-0.4, -0.2) is 47.6 Å². The molecule has 2 nitrogen and oxygen atoms in total. The van der Waals surface area contributed by atoms with E-state index in [0.717, 1.165) is 18.1 Å². The molecule has 1 aliphatic carbocycles. The summed E-state index contributed by atoms with van der Waals surface area (Å²) in [5.74, 6) is 2.72. The zero-order valence-corrected chi connectivity index (χ0v) is 12.8. The maximum Gasteiger partial charge on any atom is 0.0195 e. The third-order valence-corrected chi connectivity index (χ3v) is 6.28. The number of hydrogen-bond acceptors (Lipinski definition) is 3. The molecule has 0 radical (unpaired) electrons. The van der Waals surface area contributed by atoms with Crippen LogP contribution in [0.2, 0.25) is 0 Å². The molecule has 3 heteroatoms. The minimum absolute atomic E-state index is 0.545. The van der Waals surface area contributed by atoms with Gasteiger partial charge in [0.25, 0.3) is 0 Å². The summed E-state index contributed by atoms with van der Waals surface area (Å²) in [5.41, 5.74) is 0.545. The van der Waals surface area contributed by atoms with E-state index < -0.39 is 0 Å². The molecule has 2 saturated heterocycles. The van der Waals surface area contributed by atoms with E-state index in [1.165, 1.54) is 56.7 Å². The van der Waals surface area contributed by atoms with Crippen molar-refractivity contribution in [1.82, 2.24) is 10.2 Å². The van der Waals surface area contributed by atoms with E-state index >= 15 is 0 Å². The Hall–Kier alpha value is 0.270. The highest BCUT2D eigenvalue weighted by Gasteiger charge is 2.39. The number of rotatable bonds is 4. The molecule has 0 aromatic heterocycles. The van der Waals surface area contributed by atoms with Crippen molar-refractivity contribution in [2.24, 2.45) is 5.41 Å². The fraction of sp³-hybridized carbons (Fsp3) is 1.00. The third kappa shape index (κ3) is 3.23. The van der Waals surface area contributed by atoms with Crippen LogP contribution in [0.15, 0.2) is 0 Å². The van der Waals surface area contributed by atoms with Gasteiger partial charge in [0, 0.05) is 30.4 Å². The number of hydrogen-bond donors (Lipinski definition) is 1. The van der Waals surface area contributed by atoms with Gasteiger partial charge in [-0.15, -0.1) is 0 Å². The van der Waals surface area contributed by atoms with Gasteiger partial charge < -0.3 is 5.32 Å². The van der Waals surface area contributed by atoms with Crippen molar-refractivity contribution >= 4 is 11.8 Å². The lowest BCUT2D eigenvalue weighted by Gasteiger charge is -2.42. The molecular weight excluding hydrogens is 240 g/mol. The van der Waals surface area contributed by atoms with E-state index in [0.29, 0.717) is 5.41 Å². The molecule has 0 spiro atoms. The average Bonchev–Trinajstić information content (AvgIpc) is 3.02. The van der Waals surface area contributed by atoms with E-state index in [1.807, 2.05) is 0 Å². The van der Waals surface area contributed by atoms with Crippen molar-refractivity contribution in [2.45, 2.75) is 64.1 Å². The molecule has 1 saturated carbocycles. The first-order chi connectivity index (χ1) is 8.64. The molecule has 3 aliphatic rings. The van der Waals surface area contributed by atoms with Crippen LogP contribution in [0.3, 0.4) is 0 Å². The van der Waals surface area contributed by atoms with Crippen LogP contribution in [0.4, 0.5) is 0 Å². The highest BCUT2D eigenvalue weighted by molar-refractivity contribution is 7.99. The Bertz CT molecular complexity index is 282. The fourth-order valence-electron chi connectivity index (χ4n) is 3.61. The van der Waals surface area contributed by atoms with Gasteiger partial charge in [0.2, 0.25) is 0 Å². The van der Waals surface area contributed by atoms with Crippen molar-refractivity contribution in [1.29, 1.82) is 0 Å². The summed E-state index contributed by atoms with van der Waals surface area (Å²) in [7, 11) is 0. The SMILES string of the molecule is CC1(C)CSCC(N(CC2CCCN2)C2CC2)C1. The molecule has 2 atom stereocenters. The van der Waals surface area contributed by atoms with Crippen LogP contribution in [0, 0.1) is 5.41 Å². The van der Waals surface area contributed by atoms with Crippen molar-refractivity contribution in [3.8, 4) is 0 Å². The predicted molar refractivity (Wildman–Crippen MR) is 80.3 cm³/mol. The molecule has 0 amide bonds. The minimum atomic E-state index is 0.545. The molecule has 104 valence electrons. The molecule has 3 rings (SSSR count). The third-order valence-electron chi connectivity index (χ3n) is 4.67. The first kappa shape index (κ1) is 13.3. The van der Waals surface area contributed by atoms with Crippen LogP contribution >= 0.6 is 11.8 Å². The van der Waals surface area contributed by atoms with E-state index in [9.17, 15) is 0 Å². The monoisotopic (exact) mass is 268 g/mol. The zero-order chi connectivity index (χ0) is 12.6. The summed E-state index contributed by atoms with van der Waals surface area (Å²) in [4.78, 5) is 2.87. The Kier molecular flexibility index (Phi) is 3.93. The number of thioether (sulfide) groups is 1. The first-order valence-electron chi connectivity index (χ1n) is 7.71. The van der Waals surface area contributed by atoms with Crippen molar-refractivity contribution in [3.05, 3.63) is 0 Å². The predicted octanol–water partition coefficient (Wildman–Crippen LogP) is 2.73. The second kappa shape index (κ2) is 5.34. The second-order valence-corrected chi connectivity index (χ2v) is 8.29. The smallest absolute Gasteiger partial charge is 0.0195 e. The van der Waals surface area contributed by atoms with Gasteiger partial charge in [-0.25, -0.2) is 0 Å². The minimum Gasteiger partial charge on any atom is -0.313 e. The van der Waals surface area contributed by atoms with E-state index in [1.54, 1.807) is 0 Å². The largest absolute Gasteiger partial charge is 0.313 e. The molecule has 2 aliphatic heterocycles. The second-order valence-electron chi connectivity index (χ2n) is 7.26. The summed E-state index contributed by atoms with van der Waals surface area (Å²) < 4.78 is 0. The van der Waals surface area contributed by atoms with Crippen LogP contribution in [0.1, 0.15) is 46.0 Å². The van der Waals surface area contributed by atoms with Gasteiger partial charge in [-0.3, -0.25) is 4.90 Å². The molecular formula is C15H28N2S. The van der Waals surface area contributed by atoms with E-state index in [4.69, 9.17) is 0 Å². The normalized spacial score (nSPS) is 36.2. The topological polar surface area (TPSA) is 15.3 Å². The van der Waals surface area contributed by atoms with Crippen molar-refractivity contribution < 1.29 is 0 Å². The number of nitrogens with zero attached hydrogens (tertiary/aromatic N) is 1. The van der Waals surface area contributed by atoms with Crippen molar-refractivity contribution in [2.75, 3.05) is 24.6 Å². The molecule has 0 aromatic carbocycles. The molecule has 0 aromatic rings. The fourth-order valence-corrected chi connectivity index (χ4v) is 4.98. The highest BCUT2D eigenvalue weighted by Crippen LogP contribution is 2.39. The van der Waals surface area contributed by atoms with Gasteiger partial charge in [-0.2, -0.15) is 11.8 Å². The summed E-state index contributed by atoms with van der Waals surface area (Å²) in [5, 5.41) is 3.68. The molecule has 2 unspecified atom stereocenters. The first-order valence-corrected chi connectivity index (χ1v) is 8.86. The van der Waals surface area contributed by atoms with Crippen LogP contribution < -0.4 is 5.32 Å². The van der Waals surface area contributed by atoms with Gasteiger partial charge in [-0.05, 0) is 49.8 Å². The highest BCUT2D eigenvalue weighted by atomic mass is 32.2. The van der Waals surface area contributed by atoms with Gasteiger partial charge in [0.1, 0.15) is 0 Å². The molecule has 1 N–H and O–H groups in total. The van der Waals surface area contributed by atoms with Gasteiger partial charge in [-0.1, -0.05) is 13.8 Å². The standard InChI is InChI=1S/C15H28N2S/c1-15(2)8-14(10-18-11-15)17(13-5-6-13)9-12-4-3-7-16-12/h12-14,16H,3-11H2,1-2H3. The van der Waals surface area contributed by atoms with E-state index in [-0.39, 0.29) is 0 Å². The molecule has 2 heterocycles. The summed E-state index contributed by atoms with van der Waals surface area (Å²) in [6.07, 6.45) is 7.09.